The summed E-state index contributed by atoms with van der Waals surface area (Å²) in [5.41, 5.74) is 0. The first kappa shape index (κ1) is 12.0. The number of nitrogens with one attached hydrogen (secondary N) is 1. The van der Waals surface area contributed by atoms with Gasteiger partial charge in [0.15, 0.2) is 5.78 Å². The number of carbonyl (C=O) groups is 1. The highest BCUT2D eigenvalue weighted by atomic mass is 16.1. The Hall–Kier alpha value is -0.450. The zero-order valence-electron chi connectivity index (χ0n) is 10.2. The number of ketones is 1. The second-order valence-corrected chi connectivity index (χ2v) is 5.09. The molecule has 0 aromatic rings. The van der Waals surface area contributed by atoms with Crippen LogP contribution < -0.4 is 5.32 Å². The molecule has 0 aromatic heterocycles. The molecule has 16 heavy (non-hydrogen) atoms. The lowest BCUT2D eigenvalue weighted by atomic mass is 9.95. The van der Waals surface area contributed by atoms with Crippen LogP contribution in [0.2, 0.25) is 0 Å². The fourth-order valence-electron chi connectivity index (χ4n) is 2.48. The zero-order chi connectivity index (χ0) is 11.4. The SMILES string of the molecule is CN1CCN(CC(=O)C2CCCNC2)CC1. The Labute approximate surface area is 98.0 Å². The van der Waals surface area contributed by atoms with E-state index in [2.05, 4.69) is 22.2 Å². The van der Waals surface area contributed by atoms with E-state index < -0.39 is 0 Å². The van der Waals surface area contributed by atoms with Crippen LogP contribution >= 0.6 is 0 Å². The molecule has 2 fully saturated rings. The minimum Gasteiger partial charge on any atom is -0.316 e. The van der Waals surface area contributed by atoms with E-state index in [9.17, 15) is 4.79 Å². The second-order valence-electron chi connectivity index (χ2n) is 5.09. The van der Waals surface area contributed by atoms with E-state index >= 15 is 0 Å². The van der Waals surface area contributed by atoms with Crippen molar-refractivity contribution >= 4 is 5.78 Å². The van der Waals surface area contributed by atoms with E-state index in [-0.39, 0.29) is 5.92 Å². The standard InChI is InChI=1S/C12H23N3O/c1-14-5-7-15(8-6-14)10-12(16)11-3-2-4-13-9-11/h11,13H,2-10H2,1H3. The molecule has 0 amide bonds. The van der Waals surface area contributed by atoms with Crippen LogP contribution in [0.4, 0.5) is 0 Å². The smallest absolute Gasteiger partial charge is 0.151 e. The molecule has 2 aliphatic heterocycles. The Morgan fingerprint density at radius 2 is 2.06 bits per heavy atom. The Balaban J connectivity index is 1.73. The second kappa shape index (κ2) is 5.75. The van der Waals surface area contributed by atoms with Crippen molar-refractivity contribution in [2.24, 2.45) is 5.92 Å². The summed E-state index contributed by atoms with van der Waals surface area (Å²) < 4.78 is 0. The van der Waals surface area contributed by atoms with E-state index in [1.807, 2.05) is 0 Å². The van der Waals surface area contributed by atoms with Crippen LogP contribution in [0, 0.1) is 5.92 Å². The third-order valence-corrected chi connectivity index (χ3v) is 3.73. The molecular weight excluding hydrogens is 202 g/mol. The Morgan fingerprint density at radius 3 is 2.69 bits per heavy atom. The van der Waals surface area contributed by atoms with Crippen molar-refractivity contribution in [2.75, 3.05) is 52.9 Å². The van der Waals surface area contributed by atoms with Crippen LogP contribution in [-0.4, -0.2) is 68.4 Å². The number of piperidine rings is 1. The topological polar surface area (TPSA) is 35.6 Å². The summed E-state index contributed by atoms with van der Waals surface area (Å²) in [7, 11) is 2.14. The lowest BCUT2D eigenvalue weighted by Crippen LogP contribution is -2.48. The molecule has 92 valence electrons. The first-order chi connectivity index (χ1) is 7.75. The molecule has 1 unspecified atom stereocenters. The fraction of sp³-hybridized carbons (Fsp3) is 0.917. The molecule has 0 bridgehead atoms. The summed E-state index contributed by atoms with van der Waals surface area (Å²) in [5, 5.41) is 3.31. The van der Waals surface area contributed by atoms with Crippen molar-refractivity contribution < 1.29 is 4.79 Å². The number of hydrogen-bond acceptors (Lipinski definition) is 4. The van der Waals surface area contributed by atoms with Gasteiger partial charge in [-0.3, -0.25) is 9.69 Å². The minimum atomic E-state index is 0.272. The first-order valence-corrected chi connectivity index (χ1v) is 6.40. The maximum atomic E-state index is 12.1. The van der Waals surface area contributed by atoms with Gasteiger partial charge in [0, 0.05) is 38.6 Å². The summed E-state index contributed by atoms with van der Waals surface area (Å²) in [6, 6.07) is 0. The average molecular weight is 225 g/mol. The molecular formula is C12H23N3O. The van der Waals surface area contributed by atoms with Crippen molar-refractivity contribution in [1.82, 2.24) is 15.1 Å². The highest BCUT2D eigenvalue weighted by Gasteiger charge is 2.23. The molecule has 4 heteroatoms. The quantitative estimate of drug-likeness (QED) is 0.722. The van der Waals surface area contributed by atoms with E-state index in [0.29, 0.717) is 12.3 Å². The summed E-state index contributed by atoms with van der Waals surface area (Å²) in [4.78, 5) is 16.7. The van der Waals surface area contributed by atoms with Crippen LogP contribution in [0.3, 0.4) is 0 Å². The number of carbonyl (C=O) groups excluding carboxylic acids is 1. The summed E-state index contributed by atoms with van der Waals surface area (Å²) in [6.07, 6.45) is 2.23. The van der Waals surface area contributed by atoms with Gasteiger partial charge < -0.3 is 10.2 Å². The maximum Gasteiger partial charge on any atom is 0.151 e. The lowest BCUT2D eigenvalue weighted by Gasteiger charge is -2.33. The van der Waals surface area contributed by atoms with Crippen LogP contribution in [-0.2, 0) is 4.79 Å². The van der Waals surface area contributed by atoms with E-state index in [0.717, 1.165) is 52.1 Å². The largest absolute Gasteiger partial charge is 0.316 e. The molecule has 0 aliphatic carbocycles. The minimum absolute atomic E-state index is 0.272. The predicted molar refractivity (Wildman–Crippen MR) is 64.5 cm³/mol. The van der Waals surface area contributed by atoms with Crippen molar-refractivity contribution in [2.45, 2.75) is 12.8 Å². The Kier molecular flexibility index (Phi) is 4.32. The van der Waals surface area contributed by atoms with Gasteiger partial charge in [0.1, 0.15) is 0 Å². The highest BCUT2D eigenvalue weighted by molar-refractivity contribution is 5.83. The molecule has 0 spiro atoms. The highest BCUT2D eigenvalue weighted by Crippen LogP contribution is 2.12. The molecule has 2 saturated heterocycles. The monoisotopic (exact) mass is 225 g/mol. The fourth-order valence-corrected chi connectivity index (χ4v) is 2.48. The molecule has 0 saturated carbocycles. The molecule has 2 rings (SSSR count). The average Bonchev–Trinajstić information content (AvgIpc) is 2.33. The summed E-state index contributed by atoms with van der Waals surface area (Å²) >= 11 is 0. The molecule has 0 aromatic carbocycles. The molecule has 2 heterocycles. The molecule has 1 N–H and O–H groups in total. The number of piperazine rings is 1. The van der Waals surface area contributed by atoms with E-state index in [1.54, 1.807) is 0 Å². The van der Waals surface area contributed by atoms with Gasteiger partial charge >= 0.3 is 0 Å². The molecule has 1 atom stereocenters. The predicted octanol–water partition coefficient (Wildman–Crippen LogP) is -0.197. The maximum absolute atomic E-state index is 12.1. The van der Waals surface area contributed by atoms with E-state index in [4.69, 9.17) is 0 Å². The van der Waals surface area contributed by atoms with Gasteiger partial charge in [-0.25, -0.2) is 0 Å². The zero-order valence-corrected chi connectivity index (χ0v) is 10.2. The van der Waals surface area contributed by atoms with Gasteiger partial charge in [0.2, 0.25) is 0 Å². The third kappa shape index (κ3) is 3.27. The van der Waals surface area contributed by atoms with Gasteiger partial charge in [-0.05, 0) is 26.4 Å². The van der Waals surface area contributed by atoms with Crippen LogP contribution in [0.5, 0.6) is 0 Å². The van der Waals surface area contributed by atoms with Crippen molar-refractivity contribution in [3.05, 3.63) is 0 Å². The van der Waals surface area contributed by atoms with Crippen LogP contribution in [0.15, 0.2) is 0 Å². The van der Waals surface area contributed by atoms with Gasteiger partial charge in [-0.2, -0.15) is 0 Å². The summed E-state index contributed by atoms with van der Waals surface area (Å²) in [6.45, 7) is 6.92. The van der Waals surface area contributed by atoms with Gasteiger partial charge in [-0.1, -0.05) is 0 Å². The summed E-state index contributed by atoms with van der Waals surface area (Å²) in [5.74, 6) is 0.713. The number of Topliss-reactive ketones (excluding diaryl/α,β-unsaturated/α-hetero) is 1. The lowest BCUT2D eigenvalue weighted by molar-refractivity contribution is -0.124. The van der Waals surface area contributed by atoms with Crippen molar-refractivity contribution in [1.29, 1.82) is 0 Å². The molecule has 4 nitrogen and oxygen atoms in total. The number of rotatable bonds is 3. The first-order valence-electron chi connectivity index (χ1n) is 6.40. The normalized spacial score (nSPS) is 29.2. The Morgan fingerprint density at radius 1 is 1.31 bits per heavy atom. The molecule has 0 radical (unpaired) electrons. The number of hydrogen-bond donors (Lipinski definition) is 1. The van der Waals surface area contributed by atoms with Gasteiger partial charge in [-0.15, -0.1) is 0 Å². The number of nitrogens with zero attached hydrogens (tertiary/aromatic N) is 2. The van der Waals surface area contributed by atoms with E-state index in [1.165, 1.54) is 0 Å². The van der Waals surface area contributed by atoms with Crippen molar-refractivity contribution in [3.63, 3.8) is 0 Å². The number of likely N-dealkylation sites (N-methyl/N-ethyl adjacent to an activating group) is 1. The van der Waals surface area contributed by atoms with Gasteiger partial charge in [0.25, 0.3) is 0 Å². The third-order valence-electron chi connectivity index (χ3n) is 3.73. The Bertz CT molecular complexity index is 230. The van der Waals surface area contributed by atoms with Crippen LogP contribution in [0.1, 0.15) is 12.8 Å². The van der Waals surface area contributed by atoms with Crippen molar-refractivity contribution in [3.8, 4) is 0 Å². The van der Waals surface area contributed by atoms with Gasteiger partial charge in [0.05, 0.1) is 6.54 Å². The molecule has 2 aliphatic rings. The van der Waals surface area contributed by atoms with Crippen LogP contribution in [0.25, 0.3) is 0 Å².